The van der Waals surface area contributed by atoms with Gasteiger partial charge in [0.15, 0.2) is 11.7 Å². The first kappa shape index (κ1) is 17.1. The molecule has 1 aliphatic rings. The van der Waals surface area contributed by atoms with E-state index in [0.29, 0.717) is 20.9 Å². The van der Waals surface area contributed by atoms with Crippen molar-refractivity contribution in [1.82, 2.24) is 4.98 Å². The maximum atomic E-state index is 13.2. The highest BCUT2D eigenvalue weighted by atomic mass is 32.1. The van der Waals surface area contributed by atoms with Gasteiger partial charge in [0, 0.05) is 10.3 Å². The number of hydrogen-bond acceptors (Lipinski definition) is 6. The van der Waals surface area contributed by atoms with Gasteiger partial charge in [0.25, 0.3) is 5.91 Å². The summed E-state index contributed by atoms with van der Waals surface area (Å²) in [4.78, 5) is 29.7. The van der Waals surface area contributed by atoms with E-state index in [1.54, 1.807) is 17.4 Å². The van der Waals surface area contributed by atoms with E-state index in [-0.39, 0.29) is 12.4 Å². The van der Waals surface area contributed by atoms with Crippen molar-refractivity contribution < 1.29 is 18.7 Å². The van der Waals surface area contributed by atoms with E-state index in [1.807, 2.05) is 5.38 Å². The number of benzene rings is 1. The third-order valence-corrected chi connectivity index (χ3v) is 6.23. The lowest BCUT2D eigenvalue weighted by Crippen LogP contribution is -2.21. The molecule has 0 unspecified atom stereocenters. The van der Waals surface area contributed by atoms with Crippen LogP contribution in [0, 0.1) is 5.82 Å². The van der Waals surface area contributed by atoms with Crippen molar-refractivity contribution in [3.05, 3.63) is 45.4 Å². The van der Waals surface area contributed by atoms with Crippen molar-refractivity contribution in [2.45, 2.75) is 25.7 Å². The third-order valence-electron chi connectivity index (χ3n) is 4.21. The van der Waals surface area contributed by atoms with Gasteiger partial charge in [0.05, 0.1) is 15.8 Å². The fourth-order valence-electron chi connectivity index (χ4n) is 2.98. The summed E-state index contributed by atoms with van der Waals surface area (Å²) in [7, 11) is 0. The number of rotatable bonds is 4. The highest BCUT2D eigenvalue weighted by Crippen LogP contribution is 2.30. The zero-order valence-electron chi connectivity index (χ0n) is 13.7. The number of ether oxygens (including phenoxy) is 1. The molecule has 0 saturated carbocycles. The summed E-state index contributed by atoms with van der Waals surface area (Å²) in [6.07, 6.45) is 4.11. The number of halogens is 1. The Balaban J connectivity index is 1.37. The lowest BCUT2D eigenvalue weighted by atomic mass is 9.96. The van der Waals surface area contributed by atoms with E-state index < -0.39 is 11.9 Å². The molecule has 1 amide bonds. The van der Waals surface area contributed by atoms with Gasteiger partial charge in [0.2, 0.25) is 0 Å². The Morgan fingerprint density at radius 3 is 3.00 bits per heavy atom. The number of aryl methyl sites for hydroxylation is 1. The molecule has 5 nitrogen and oxygen atoms in total. The second kappa shape index (κ2) is 7.13. The van der Waals surface area contributed by atoms with Gasteiger partial charge in [-0.3, -0.25) is 10.1 Å². The van der Waals surface area contributed by atoms with E-state index in [2.05, 4.69) is 10.3 Å². The number of nitrogens with one attached hydrogen (secondary N) is 1. The zero-order chi connectivity index (χ0) is 18.1. The molecule has 134 valence electrons. The zero-order valence-corrected chi connectivity index (χ0v) is 15.3. The van der Waals surface area contributed by atoms with Crippen LogP contribution in [0.15, 0.2) is 23.6 Å². The Kier molecular flexibility index (Phi) is 4.69. The van der Waals surface area contributed by atoms with Crippen LogP contribution >= 0.6 is 22.7 Å². The topological polar surface area (TPSA) is 68.3 Å². The number of esters is 1. The molecule has 2 aromatic heterocycles. The van der Waals surface area contributed by atoms with Crippen LogP contribution in [-0.2, 0) is 22.4 Å². The molecule has 3 aromatic rings. The van der Waals surface area contributed by atoms with Crippen LogP contribution < -0.4 is 5.32 Å². The van der Waals surface area contributed by atoms with Crippen LogP contribution in [0.4, 0.5) is 9.52 Å². The number of thiophene rings is 1. The molecule has 0 aliphatic heterocycles. The molecule has 4 rings (SSSR count). The molecule has 2 heterocycles. The second-order valence-corrected chi connectivity index (χ2v) is 8.01. The van der Waals surface area contributed by atoms with Crippen LogP contribution in [-0.4, -0.2) is 23.5 Å². The van der Waals surface area contributed by atoms with Gasteiger partial charge in [0.1, 0.15) is 5.82 Å². The number of carbonyl (C=O) groups excluding carboxylic acids is 2. The average Bonchev–Trinajstić information content (AvgIpc) is 3.22. The summed E-state index contributed by atoms with van der Waals surface area (Å²) in [6, 6.07) is 4.23. The normalized spacial score (nSPS) is 13.4. The maximum Gasteiger partial charge on any atom is 0.339 e. The smallest absolute Gasteiger partial charge is 0.339 e. The number of thiazole rings is 1. The molecular weight excluding hydrogens is 375 g/mol. The molecule has 1 aliphatic carbocycles. The van der Waals surface area contributed by atoms with Crippen LogP contribution in [0.5, 0.6) is 0 Å². The third kappa shape index (κ3) is 3.47. The summed E-state index contributed by atoms with van der Waals surface area (Å²) < 4.78 is 19.0. The quantitative estimate of drug-likeness (QED) is 0.679. The molecule has 0 radical (unpaired) electrons. The van der Waals surface area contributed by atoms with Crippen molar-refractivity contribution in [2.24, 2.45) is 0 Å². The number of hydrogen-bond donors (Lipinski definition) is 1. The molecule has 0 saturated heterocycles. The Labute approximate surface area is 156 Å². The van der Waals surface area contributed by atoms with Gasteiger partial charge in [-0.25, -0.2) is 14.2 Å². The maximum absolute atomic E-state index is 13.2. The summed E-state index contributed by atoms with van der Waals surface area (Å²) in [5, 5.41) is 4.75. The molecule has 1 aromatic carbocycles. The number of aromatic nitrogens is 1. The summed E-state index contributed by atoms with van der Waals surface area (Å²) in [5.41, 5.74) is 2.25. The minimum absolute atomic E-state index is 0.347. The van der Waals surface area contributed by atoms with Gasteiger partial charge in [-0.05, 0) is 49.4 Å². The second-order valence-electron chi connectivity index (χ2n) is 6.01. The minimum atomic E-state index is -0.470. The molecule has 8 heteroatoms. The number of amides is 1. The van der Waals surface area contributed by atoms with Crippen LogP contribution in [0.3, 0.4) is 0 Å². The van der Waals surface area contributed by atoms with Crippen molar-refractivity contribution >= 4 is 49.9 Å². The van der Waals surface area contributed by atoms with Crippen molar-refractivity contribution in [2.75, 3.05) is 11.9 Å². The molecule has 0 atom stereocenters. The lowest BCUT2D eigenvalue weighted by molar-refractivity contribution is -0.119. The summed E-state index contributed by atoms with van der Waals surface area (Å²) >= 11 is 2.75. The Bertz CT molecular complexity index is 996. The fraction of sp³-hybridized carbons (Fsp3) is 0.278. The summed E-state index contributed by atoms with van der Waals surface area (Å²) in [6.45, 7) is -0.381. The first-order valence-corrected chi connectivity index (χ1v) is 9.92. The van der Waals surface area contributed by atoms with E-state index in [0.717, 1.165) is 31.2 Å². The minimum Gasteiger partial charge on any atom is -0.452 e. The fourth-order valence-corrected chi connectivity index (χ4v) is 5.00. The number of fused-ring (bicyclic) bond motifs is 2. The molecule has 26 heavy (non-hydrogen) atoms. The van der Waals surface area contributed by atoms with Crippen LogP contribution in [0.1, 0.15) is 33.6 Å². The van der Waals surface area contributed by atoms with Crippen molar-refractivity contribution in [3.8, 4) is 0 Å². The molecule has 0 spiro atoms. The highest BCUT2D eigenvalue weighted by Gasteiger charge is 2.21. The molecular formula is C18H15FN2O3S2. The Morgan fingerprint density at radius 1 is 1.27 bits per heavy atom. The first-order chi connectivity index (χ1) is 12.6. The summed E-state index contributed by atoms with van der Waals surface area (Å²) in [5.74, 6) is -1.29. The van der Waals surface area contributed by atoms with Crippen LogP contribution in [0.2, 0.25) is 0 Å². The largest absolute Gasteiger partial charge is 0.452 e. The number of anilines is 1. The average molecular weight is 390 g/mol. The standard InChI is InChI=1S/C18H15FN2O3S2/c19-10-5-6-13-15(7-10)26-18(20-13)21-16(22)8-24-17(23)12-9-25-14-4-2-1-3-11(12)14/h5-7,9H,1-4,8H2,(H,20,21,22). The van der Waals surface area contributed by atoms with E-state index in [1.165, 1.54) is 28.3 Å². The van der Waals surface area contributed by atoms with Gasteiger partial charge >= 0.3 is 5.97 Å². The van der Waals surface area contributed by atoms with Gasteiger partial charge < -0.3 is 4.74 Å². The first-order valence-electron chi connectivity index (χ1n) is 8.22. The molecule has 0 bridgehead atoms. The van der Waals surface area contributed by atoms with Crippen molar-refractivity contribution in [3.63, 3.8) is 0 Å². The van der Waals surface area contributed by atoms with Crippen molar-refractivity contribution in [1.29, 1.82) is 0 Å². The van der Waals surface area contributed by atoms with Gasteiger partial charge in [-0.15, -0.1) is 11.3 Å². The predicted octanol–water partition coefficient (Wildman–Crippen LogP) is 4.17. The SMILES string of the molecule is O=C(COC(=O)c1csc2c1CCCC2)Nc1nc2ccc(F)cc2s1. The molecule has 1 N–H and O–H groups in total. The Hall–Kier alpha value is -2.32. The number of carbonyl (C=O) groups is 2. The lowest BCUT2D eigenvalue weighted by Gasteiger charge is -2.12. The predicted molar refractivity (Wildman–Crippen MR) is 99.5 cm³/mol. The Morgan fingerprint density at radius 2 is 2.12 bits per heavy atom. The van der Waals surface area contributed by atoms with E-state index in [9.17, 15) is 14.0 Å². The monoisotopic (exact) mass is 390 g/mol. The van der Waals surface area contributed by atoms with Crippen LogP contribution in [0.25, 0.3) is 10.2 Å². The van der Waals surface area contributed by atoms with E-state index >= 15 is 0 Å². The molecule has 0 fully saturated rings. The number of nitrogens with zero attached hydrogens (tertiary/aromatic N) is 1. The van der Waals surface area contributed by atoms with Gasteiger partial charge in [-0.1, -0.05) is 11.3 Å². The van der Waals surface area contributed by atoms with Gasteiger partial charge in [-0.2, -0.15) is 0 Å². The van der Waals surface area contributed by atoms with E-state index in [4.69, 9.17) is 4.74 Å². The highest BCUT2D eigenvalue weighted by molar-refractivity contribution is 7.22.